The molecule has 0 saturated carbocycles. The molecule has 0 aliphatic carbocycles. The van der Waals surface area contributed by atoms with E-state index < -0.39 is 17.5 Å². The Bertz CT molecular complexity index is 652. The SMILES string of the molecule is O=C(Nc1ccc(F)cc1I)c1cc(F)cnc1Cl. The Morgan fingerprint density at radius 1 is 1.26 bits per heavy atom. The van der Waals surface area contributed by atoms with Gasteiger partial charge in [-0.2, -0.15) is 0 Å². The molecule has 7 heteroatoms. The minimum absolute atomic E-state index is 0.0817. The first-order valence-corrected chi connectivity index (χ1v) is 6.50. The number of nitrogens with one attached hydrogen (secondary N) is 1. The number of benzene rings is 1. The summed E-state index contributed by atoms with van der Waals surface area (Å²) >= 11 is 7.60. The molecule has 0 spiro atoms. The first-order valence-electron chi connectivity index (χ1n) is 5.05. The standard InChI is InChI=1S/C12H6ClF2IN2O/c13-11-8(3-7(15)5-17-11)12(19)18-10-2-1-6(14)4-9(10)16/h1-5H,(H,18,19). The van der Waals surface area contributed by atoms with Crippen molar-refractivity contribution in [3.8, 4) is 0 Å². The molecule has 0 aliphatic heterocycles. The van der Waals surface area contributed by atoms with E-state index in [4.69, 9.17) is 11.6 Å². The molecule has 0 saturated heterocycles. The lowest BCUT2D eigenvalue weighted by atomic mass is 10.2. The van der Waals surface area contributed by atoms with E-state index in [9.17, 15) is 13.6 Å². The number of halogens is 4. The number of aromatic nitrogens is 1. The molecule has 1 N–H and O–H groups in total. The Balaban J connectivity index is 2.28. The third kappa shape index (κ3) is 3.38. The quantitative estimate of drug-likeness (QED) is 0.621. The zero-order valence-electron chi connectivity index (χ0n) is 9.25. The predicted octanol–water partition coefficient (Wildman–Crippen LogP) is 3.87. The van der Waals surface area contributed by atoms with Gasteiger partial charge in [-0.3, -0.25) is 4.79 Å². The summed E-state index contributed by atoms with van der Waals surface area (Å²) in [6.45, 7) is 0. The summed E-state index contributed by atoms with van der Waals surface area (Å²) in [5.74, 6) is -1.68. The fourth-order valence-electron chi connectivity index (χ4n) is 1.36. The van der Waals surface area contributed by atoms with Crippen LogP contribution >= 0.6 is 34.2 Å². The molecular weight excluding hydrogens is 388 g/mol. The number of hydrogen-bond acceptors (Lipinski definition) is 2. The fourth-order valence-corrected chi connectivity index (χ4v) is 2.16. The van der Waals surface area contributed by atoms with Gasteiger partial charge in [0.15, 0.2) is 0 Å². The van der Waals surface area contributed by atoms with E-state index in [-0.39, 0.29) is 10.7 Å². The summed E-state index contributed by atoms with van der Waals surface area (Å²) < 4.78 is 26.5. The number of pyridine rings is 1. The molecule has 1 aromatic heterocycles. The van der Waals surface area contributed by atoms with Gasteiger partial charge in [-0.05, 0) is 46.9 Å². The van der Waals surface area contributed by atoms with Crippen LogP contribution in [0.15, 0.2) is 30.5 Å². The van der Waals surface area contributed by atoms with Crippen LogP contribution in [0.2, 0.25) is 5.15 Å². The number of rotatable bonds is 2. The van der Waals surface area contributed by atoms with E-state index in [0.29, 0.717) is 9.26 Å². The van der Waals surface area contributed by atoms with Crippen molar-refractivity contribution in [3.05, 3.63) is 56.4 Å². The first-order chi connectivity index (χ1) is 8.97. The lowest BCUT2D eigenvalue weighted by Gasteiger charge is -2.08. The summed E-state index contributed by atoms with van der Waals surface area (Å²) in [6.07, 6.45) is 0.917. The first kappa shape index (κ1) is 14.1. The molecule has 1 heterocycles. The van der Waals surface area contributed by atoms with Crippen molar-refractivity contribution in [2.24, 2.45) is 0 Å². The van der Waals surface area contributed by atoms with E-state index >= 15 is 0 Å². The summed E-state index contributed by atoms with van der Waals surface area (Å²) in [5, 5.41) is 2.42. The van der Waals surface area contributed by atoms with Crippen LogP contribution in [-0.2, 0) is 0 Å². The molecule has 0 fully saturated rings. The van der Waals surface area contributed by atoms with Crippen LogP contribution in [0, 0.1) is 15.2 Å². The zero-order valence-corrected chi connectivity index (χ0v) is 12.2. The highest BCUT2D eigenvalue weighted by atomic mass is 127. The topological polar surface area (TPSA) is 42.0 Å². The zero-order chi connectivity index (χ0) is 14.0. The minimum Gasteiger partial charge on any atom is -0.321 e. The minimum atomic E-state index is -0.664. The molecule has 2 rings (SSSR count). The molecule has 0 radical (unpaired) electrons. The Morgan fingerprint density at radius 2 is 2.00 bits per heavy atom. The maximum atomic E-state index is 13.0. The molecule has 0 unspecified atom stereocenters. The van der Waals surface area contributed by atoms with Gasteiger partial charge in [-0.1, -0.05) is 11.6 Å². The van der Waals surface area contributed by atoms with Crippen molar-refractivity contribution in [2.45, 2.75) is 0 Å². The Labute approximate surface area is 126 Å². The fraction of sp³-hybridized carbons (Fsp3) is 0. The van der Waals surface area contributed by atoms with Crippen molar-refractivity contribution in [2.75, 3.05) is 5.32 Å². The second kappa shape index (κ2) is 5.79. The number of anilines is 1. The van der Waals surface area contributed by atoms with E-state index in [0.717, 1.165) is 12.3 Å². The van der Waals surface area contributed by atoms with Gasteiger partial charge in [0.1, 0.15) is 16.8 Å². The molecule has 0 atom stereocenters. The number of hydrogen-bond donors (Lipinski definition) is 1. The van der Waals surface area contributed by atoms with Gasteiger partial charge in [0.2, 0.25) is 0 Å². The van der Waals surface area contributed by atoms with Crippen LogP contribution in [0.25, 0.3) is 0 Å². The van der Waals surface area contributed by atoms with Crippen LogP contribution in [-0.4, -0.2) is 10.9 Å². The number of nitrogens with zero attached hydrogens (tertiary/aromatic N) is 1. The van der Waals surface area contributed by atoms with Gasteiger partial charge >= 0.3 is 0 Å². The Morgan fingerprint density at radius 3 is 2.68 bits per heavy atom. The van der Waals surface area contributed by atoms with Crippen molar-refractivity contribution >= 4 is 45.8 Å². The highest BCUT2D eigenvalue weighted by molar-refractivity contribution is 14.1. The van der Waals surface area contributed by atoms with E-state index in [2.05, 4.69) is 10.3 Å². The van der Waals surface area contributed by atoms with E-state index in [1.807, 2.05) is 22.6 Å². The van der Waals surface area contributed by atoms with Gasteiger partial charge in [0.05, 0.1) is 17.4 Å². The summed E-state index contributed by atoms with van der Waals surface area (Å²) in [7, 11) is 0. The van der Waals surface area contributed by atoms with Gasteiger partial charge in [0.25, 0.3) is 5.91 Å². The Kier molecular flexibility index (Phi) is 4.31. The van der Waals surface area contributed by atoms with Crippen molar-refractivity contribution < 1.29 is 13.6 Å². The molecule has 1 aromatic carbocycles. The van der Waals surface area contributed by atoms with E-state index in [1.54, 1.807) is 0 Å². The molecule has 2 aromatic rings. The average molecular weight is 395 g/mol. The van der Waals surface area contributed by atoms with Crippen molar-refractivity contribution in [3.63, 3.8) is 0 Å². The third-order valence-electron chi connectivity index (χ3n) is 2.23. The normalized spacial score (nSPS) is 10.3. The highest BCUT2D eigenvalue weighted by Gasteiger charge is 2.14. The van der Waals surface area contributed by atoms with Gasteiger partial charge < -0.3 is 5.32 Å². The maximum absolute atomic E-state index is 13.0. The molecule has 0 bridgehead atoms. The monoisotopic (exact) mass is 394 g/mol. The van der Waals surface area contributed by atoms with Gasteiger partial charge in [0, 0.05) is 3.57 Å². The predicted molar refractivity (Wildman–Crippen MR) is 76.3 cm³/mol. The second-order valence-electron chi connectivity index (χ2n) is 3.57. The molecule has 3 nitrogen and oxygen atoms in total. The largest absolute Gasteiger partial charge is 0.321 e. The Hall–Kier alpha value is -1.28. The van der Waals surface area contributed by atoms with Crippen LogP contribution in [0.4, 0.5) is 14.5 Å². The average Bonchev–Trinajstić information content (AvgIpc) is 2.35. The van der Waals surface area contributed by atoms with Gasteiger partial charge in [-0.15, -0.1) is 0 Å². The highest BCUT2D eigenvalue weighted by Crippen LogP contribution is 2.21. The molecule has 1 amide bonds. The molecule has 98 valence electrons. The van der Waals surface area contributed by atoms with E-state index in [1.165, 1.54) is 18.2 Å². The van der Waals surface area contributed by atoms with Crippen molar-refractivity contribution in [1.29, 1.82) is 0 Å². The number of carbonyl (C=O) groups is 1. The lowest BCUT2D eigenvalue weighted by Crippen LogP contribution is -2.14. The summed E-state index contributed by atoms with van der Waals surface area (Å²) in [6, 6.07) is 4.88. The molecule has 0 aliphatic rings. The number of carbonyl (C=O) groups excluding carboxylic acids is 1. The smallest absolute Gasteiger partial charge is 0.258 e. The maximum Gasteiger partial charge on any atom is 0.258 e. The number of amides is 1. The molecular formula is C12H6ClF2IN2O. The van der Waals surface area contributed by atoms with Crippen LogP contribution in [0.1, 0.15) is 10.4 Å². The lowest BCUT2D eigenvalue weighted by molar-refractivity contribution is 0.102. The third-order valence-corrected chi connectivity index (χ3v) is 3.42. The van der Waals surface area contributed by atoms with Crippen molar-refractivity contribution in [1.82, 2.24) is 4.98 Å². The molecule has 19 heavy (non-hydrogen) atoms. The van der Waals surface area contributed by atoms with Crippen LogP contribution in [0.5, 0.6) is 0 Å². The van der Waals surface area contributed by atoms with Gasteiger partial charge in [-0.25, -0.2) is 13.8 Å². The summed E-state index contributed by atoms with van der Waals surface area (Å²) in [5.41, 5.74) is 0.328. The van der Waals surface area contributed by atoms with Crippen LogP contribution in [0.3, 0.4) is 0 Å². The summed E-state index contributed by atoms with van der Waals surface area (Å²) in [4.78, 5) is 15.5. The second-order valence-corrected chi connectivity index (χ2v) is 5.09. The van der Waals surface area contributed by atoms with Crippen LogP contribution < -0.4 is 5.32 Å².